The number of aliphatic imine (C=N–C) groups is 1. The molecule has 0 fully saturated rings. The summed E-state index contributed by atoms with van der Waals surface area (Å²) in [6, 6.07) is 16.8. The molecular formula is C20H24IN5. The van der Waals surface area contributed by atoms with E-state index in [1.807, 2.05) is 29.2 Å². The first-order valence-corrected chi connectivity index (χ1v) is 8.32. The van der Waals surface area contributed by atoms with Crippen LogP contribution in [0.2, 0.25) is 0 Å². The smallest absolute Gasteiger partial charge is 0.191 e. The van der Waals surface area contributed by atoms with Gasteiger partial charge >= 0.3 is 0 Å². The van der Waals surface area contributed by atoms with Crippen LogP contribution in [0.1, 0.15) is 16.7 Å². The second kappa shape index (κ2) is 9.96. The van der Waals surface area contributed by atoms with Crippen molar-refractivity contribution in [2.75, 3.05) is 7.05 Å². The van der Waals surface area contributed by atoms with Gasteiger partial charge in [0.25, 0.3) is 0 Å². The monoisotopic (exact) mass is 461 g/mol. The minimum absolute atomic E-state index is 0. The van der Waals surface area contributed by atoms with Crippen molar-refractivity contribution in [3.63, 3.8) is 0 Å². The number of benzene rings is 2. The number of imidazole rings is 1. The quantitative estimate of drug-likeness (QED) is 0.347. The van der Waals surface area contributed by atoms with Gasteiger partial charge in [-0.2, -0.15) is 0 Å². The van der Waals surface area contributed by atoms with Gasteiger partial charge in [0.05, 0.1) is 12.0 Å². The van der Waals surface area contributed by atoms with E-state index in [4.69, 9.17) is 0 Å². The second-order valence-electron chi connectivity index (χ2n) is 5.86. The largest absolute Gasteiger partial charge is 0.352 e. The topological polar surface area (TPSA) is 54.2 Å². The van der Waals surface area contributed by atoms with Crippen molar-refractivity contribution in [2.45, 2.75) is 20.0 Å². The van der Waals surface area contributed by atoms with Crippen LogP contribution in [0, 0.1) is 6.92 Å². The predicted octanol–water partition coefficient (Wildman–Crippen LogP) is 3.66. The molecule has 0 aliphatic rings. The summed E-state index contributed by atoms with van der Waals surface area (Å²) in [7, 11) is 1.78. The number of nitrogens with zero attached hydrogens (tertiary/aromatic N) is 3. The van der Waals surface area contributed by atoms with Gasteiger partial charge in [-0.05, 0) is 24.1 Å². The van der Waals surface area contributed by atoms with E-state index < -0.39 is 0 Å². The van der Waals surface area contributed by atoms with Crippen LogP contribution < -0.4 is 10.6 Å². The molecule has 0 saturated carbocycles. The van der Waals surface area contributed by atoms with E-state index in [2.05, 4.69) is 63.9 Å². The Bertz CT molecular complexity index is 826. The van der Waals surface area contributed by atoms with Crippen LogP contribution in [-0.2, 0) is 13.1 Å². The minimum Gasteiger partial charge on any atom is -0.352 e. The van der Waals surface area contributed by atoms with Gasteiger partial charge in [0.2, 0.25) is 0 Å². The zero-order chi connectivity index (χ0) is 17.5. The van der Waals surface area contributed by atoms with Gasteiger partial charge in [-0.25, -0.2) is 4.98 Å². The molecule has 26 heavy (non-hydrogen) atoms. The summed E-state index contributed by atoms with van der Waals surface area (Å²) in [6.45, 7) is 3.51. The number of nitrogens with one attached hydrogen (secondary N) is 2. The predicted molar refractivity (Wildman–Crippen MR) is 117 cm³/mol. The minimum atomic E-state index is 0. The number of aryl methyl sites for hydroxylation is 1. The number of halogens is 1. The van der Waals surface area contributed by atoms with E-state index in [-0.39, 0.29) is 24.0 Å². The molecule has 5 nitrogen and oxygen atoms in total. The molecule has 6 heteroatoms. The zero-order valence-electron chi connectivity index (χ0n) is 15.0. The lowest BCUT2D eigenvalue weighted by atomic mass is 10.1. The number of hydrogen-bond donors (Lipinski definition) is 2. The number of guanidine groups is 1. The third-order valence-corrected chi connectivity index (χ3v) is 4.02. The van der Waals surface area contributed by atoms with Gasteiger partial charge in [-0.3, -0.25) is 4.99 Å². The maximum atomic E-state index is 4.30. The number of aromatic nitrogens is 2. The average Bonchev–Trinajstić information content (AvgIpc) is 3.18. The average molecular weight is 461 g/mol. The first-order chi connectivity index (χ1) is 12.3. The molecule has 2 aromatic carbocycles. The van der Waals surface area contributed by atoms with Crippen molar-refractivity contribution in [1.29, 1.82) is 0 Å². The molecule has 0 unspecified atom stereocenters. The van der Waals surface area contributed by atoms with Crippen LogP contribution in [0.3, 0.4) is 0 Å². The molecule has 0 bridgehead atoms. The highest BCUT2D eigenvalue weighted by atomic mass is 127. The van der Waals surface area contributed by atoms with Crippen LogP contribution in [0.25, 0.3) is 5.69 Å². The summed E-state index contributed by atoms with van der Waals surface area (Å²) in [5, 5.41) is 6.72. The van der Waals surface area contributed by atoms with Gasteiger partial charge in [0, 0.05) is 32.5 Å². The van der Waals surface area contributed by atoms with Crippen molar-refractivity contribution in [3.8, 4) is 5.69 Å². The van der Waals surface area contributed by atoms with Crippen molar-refractivity contribution in [2.24, 2.45) is 4.99 Å². The Morgan fingerprint density at radius 2 is 1.77 bits per heavy atom. The third kappa shape index (κ3) is 5.32. The lowest BCUT2D eigenvalue weighted by molar-refractivity contribution is 0.803. The normalized spacial score (nSPS) is 10.9. The molecule has 2 N–H and O–H groups in total. The summed E-state index contributed by atoms with van der Waals surface area (Å²) < 4.78 is 2.01. The van der Waals surface area contributed by atoms with Crippen LogP contribution in [-0.4, -0.2) is 22.6 Å². The van der Waals surface area contributed by atoms with Gasteiger partial charge in [0.1, 0.15) is 0 Å². The van der Waals surface area contributed by atoms with Crippen LogP contribution in [0.15, 0.2) is 72.2 Å². The molecule has 0 saturated heterocycles. The molecule has 0 atom stereocenters. The first-order valence-electron chi connectivity index (χ1n) is 8.32. The number of para-hydroxylation sites is 1. The Kier molecular flexibility index (Phi) is 7.65. The van der Waals surface area contributed by atoms with Crippen molar-refractivity contribution in [1.82, 2.24) is 20.2 Å². The standard InChI is InChI=1S/C20H23N5.HI/c1-16-7-9-17(10-8-16)13-23-20(21-2)24-14-18-5-3-4-6-19(18)25-12-11-22-15-25;/h3-12,15H,13-14H2,1-2H3,(H2,21,23,24);1H. The van der Waals surface area contributed by atoms with E-state index in [9.17, 15) is 0 Å². The van der Waals surface area contributed by atoms with Gasteiger partial charge in [-0.1, -0.05) is 48.0 Å². The van der Waals surface area contributed by atoms with Crippen molar-refractivity contribution >= 4 is 29.9 Å². The molecule has 1 aromatic heterocycles. The van der Waals surface area contributed by atoms with Crippen molar-refractivity contribution < 1.29 is 0 Å². The lowest BCUT2D eigenvalue weighted by Gasteiger charge is -2.14. The fraction of sp³-hybridized carbons (Fsp3) is 0.200. The summed E-state index contributed by atoms with van der Waals surface area (Å²) in [4.78, 5) is 8.43. The summed E-state index contributed by atoms with van der Waals surface area (Å²) >= 11 is 0. The number of hydrogen-bond acceptors (Lipinski definition) is 2. The number of rotatable bonds is 5. The molecule has 0 spiro atoms. The Labute approximate surface area is 171 Å². The van der Waals surface area contributed by atoms with Crippen LogP contribution in [0.4, 0.5) is 0 Å². The summed E-state index contributed by atoms with van der Waals surface area (Å²) in [6.07, 6.45) is 5.54. The summed E-state index contributed by atoms with van der Waals surface area (Å²) in [5.41, 5.74) is 4.79. The zero-order valence-corrected chi connectivity index (χ0v) is 17.3. The Morgan fingerprint density at radius 1 is 1.04 bits per heavy atom. The SMILES string of the molecule is CN=C(NCc1ccc(C)cc1)NCc1ccccc1-n1ccnc1.I. The van der Waals surface area contributed by atoms with E-state index in [1.165, 1.54) is 16.7 Å². The Morgan fingerprint density at radius 3 is 2.46 bits per heavy atom. The van der Waals surface area contributed by atoms with Gasteiger partial charge in [-0.15, -0.1) is 24.0 Å². The molecule has 0 amide bonds. The molecule has 3 rings (SSSR count). The fourth-order valence-corrected chi connectivity index (χ4v) is 2.61. The molecule has 1 heterocycles. The fourth-order valence-electron chi connectivity index (χ4n) is 2.61. The highest BCUT2D eigenvalue weighted by molar-refractivity contribution is 14.0. The lowest BCUT2D eigenvalue weighted by Crippen LogP contribution is -2.36. The highest BCUT2D eigenvalue weighted by Crippen LogP contribution is 2.13. The highest BCUT2D eigenvalue weighted by Gasteiger charge is 2.05. The third-order valence-electron chi connectivity index (χ3n) is 4.02. The summed E-state index contributed by atoms with van der Waals surface area (Å²) in [5.74, 6) is 0.779. The Balaban J connectivity index is 0.00000243. The molecule has 0 aliphatic heterocycles. The molecule has 0 aliphatic carbocycles. The van der Waals surface area contributed by atoms with E-state index in [0.717, 1.165) is 18.2 Å². The second-order valence-corrected chi connectivity index (χ2v) is 5.86. The molecule has 0 radical (unpaired) electrons. The molecule has 136 valence electrons. The first kappa shape index (κ1) is 20.0. The van der Waals surface area contributed by atoms with Crippen LogP contribution in [0.5, 0.6) is 0 Å². The van der Waals surface area contributed by atoms with E-state index >= 15 is 0 Å². The van der Waals surface area contributed by atoms with Crippen molar-refractivity contribution in [3.05, 3.63) is 83.9 Å². The maximum absolute atomic E-state index is 4.30. The Hall–Kier alpha value is -2.35. The van der Waals surface area contributed by atoms with Gasteiger partial charge in [0.15, 0.2) is 5.96 Å². The van der Waals surface area contributed by atoms with Crippen LogP contribution >= 0.6 is 24.0 Å². The van der Waals surface area contributed by atoms with Gasteiger partial charge < -0.3 is 15.2 Å². The molecule has 3 aromatic rings. The maximum Gasteiger partial charge on any atom is 0.191 e. The molecular weight excluding hydrogens is 437 g/mol. The van der Waals surface area contributed by atoms with E-state index in [0.29, 0.717) is 6.54 Å². The van der Waals surface area contributed by atoms with E-state index in [1.54, 1.807) is 13.2 Å².